The SMILES string of the molecule is CCCCCCCCCCCCCCCCN1C=CC(N(C)C)=CC1.Cl. The Labute approximate surface area is 170 Å². The molecule has 0 N–H and O–H groups in total. The minimum atomic E-state index is 0. The van der Waals surface area contributed by atoms with Crippen molar-refractivity contribution in [2.45, 2.75) is 96.8 Å². The first-order chi connectivity index (χ1) is 12.2. The molecule has 0 radical (unpaired) electrons. The van der Waals surface area contributed by atoms with Crippen molar-refractivity contribution in [2.24, 2.45) is 0 Å². The van der Waals surface area contributed by atoms with E-state index in [1.54, 1.807) is 0 Å². The highest BCUT2D eigenvalue weighted by atomic mass is 35.5. The van der Waals surface area contributed by atoms with E-state index in [9.17, 15) is 0 Å². The van der Waals surface area contributed by atoms with Crippen molar-refractivity contribution >= 4 is 12.4 Å². The Bertz CT molecular complexity index is 363. The van der Waals surface area contributed by atoms with Gasteiger partial charge >= 0.3 is 0 Å². The highest BCUT2D eigenvalue weighted by molar-refractivity contribution is 5.85. The minimum Gasteiger partial charge on any atom is -0.378 e. The normalized spacial score (nSPS) is 13.5. The molecule has 0 bridgehead atoms. The van der Waals surface area contributed by atoms with Gasteiger partial charge in [-0.15, -0.1) is 12.4 Å². The molecule has 26 heavy (non-hydrogen) atoms. The van der Waals surface area contributed by atoms with Gasteiger partial charge in [-0.3, -0.25) is 0 Å². The molecule has 3 heteroatoms. The minimum absolute atomic E-state index is 0. The number of rotatable bonds is 16. The Balaban J connectivity index is 0.00000625. The Kier molecular flexibility index (Phi) is 17.3. The molecule has 0 saturated heterocycles. The third kappa shape index (κ3) is 13.6. The second-order valence-corrected chi connectivity index (χ2v) is 7.93. The quantitative estimate of drug-likeness (QED) is 0.260. The smallest absolute Gasteiger partial charge is 0.0376 e. The lowest BCUT2D eigenvalue weighted by molar-refractivity contribution is 0.382. The van der Waals surface area contributed by atoms with E-state index in [0.717, 1.165) is 6.54 Å². The number of nitrogens with zero attached hydrogens (tertiary/aromatic N) is 2. The van der Waals surface area contributed by atoms with Crippen LogP contribution >= 0.6 is 12.4 Å². The van der Waals surface area contributed by atoms with E-state index in [1.807, 2.05) is 0 Å². The summed E-state index contributed by atoms with van der Waals surface area (Å²) in [6.07, 6.45) is 26.9. The zero-order chi connectivity index (χ0) is 18.2. The van der Waals surface area contributed by atoms with E-state index >= 15 is 0 Å². The topological polar surface area (TPSA) is 6.48 Å². The van der Waals surface area contributed by atoms with Crippen LogP contribution in [0.1, 0.15) is 96.8 Å². The summed E-state index contributed by atoms with van der Waals surface area (Å²) in [5.74, 6) is 0. The van der Waals surface area contributed by atoms with Crippen molar-refractivity contribution in [1.29, 1.82) is 0 Å². The van der Waals surface area contributed by atoms with Crippen LogP contribution < -0.4 is 0 Å². The molecule has 0 atom stereocenters. The molecule has 0 aromatic carbocycles. The van der Waals surface area contributed by atoms with Gasteiger partial charge in [-0.05, 0) is 18.6 Å². The van der Waals surface area contributed by atoms with Crippen molar-refractivity contribution in [1.82, 2.24) is 9.80 Å². The number of likely N-dealkylation sites (N-methyl/N-ethyl adjacent to an activating group) is 1. The Hall–Kier alpha value is -0.630. The van der Waals surface area contributed by atoms with Crippen molar-refractivity contribution < 1.29 is 0 Å². The zero-order valence-electron chi connectivity index (χ0n) is 17.8. The lowest BCUT2D eigenvalue weighted by atomic mass is 10.0. The molecular weight excluding hydrogens is 340 g/mol. The van der Waals surface area contributed by atoms with Gasteiger partial charge in [0.2, 0.25) is 0 Å². The first-order valence-corrected chi connectivity index (χ1v) is 11.0. The van der Waals surface area contributed by atoms with Gasteiger partial charge in [-0.1, -0.05) is 90.4 Å². The molecule has 0 saturated carbocycles. The molecule has 0 aromatic rings. The van der Waals surface area contributed by atoms with Crippen molar-refractivity contribution in [3.05, 3.63) is 24.0 Å². The molecule has 1 rings (SSSR count). The molecule has 0 aromatic heterocycles. The Morgan fingerprint density at radius 1 is 0.769 bits per heavy atom. The summed E-state index contributed by atoms with van der Waals surface area (Å²) >= 11 is 0. The van der Waals surface area contributed by atoms with E-state index in [1.165, 1.54) is 102 Å². The van der Waals surface area contributed by atoms with Crippen LogP contribution in [0.3, 0.4) is 0 Å². The average Bonchev–Trinajstić information content (AvgIpc) is 2.62. The highest BCUT2D eigenvalue weighted by Gasteiger charge is 2.05. The fraction of sp³-hybridized carbons (Fsp3) is 0.826. The lowest BCUT2D eigenvalue weighted by Gasteiger charge is -2.25. The van der Waals surface area contributed by atoms with Crippen LogP contribution in [-0.4, -0.2) is 37.0 Å². The zero-order valence-corrected chi connectivity index (χ0v) is 18.7. The van der Waals surface area contributed by atoms with Crippen LogP contribution in [0.4, 0.5) is 0 Å². The maximum Gasteiger partial charge on any atom is 0.0376 e. The summed E-state index contributed by atoms with van der Waals surface area (Å²) < 4.78 is 0. The molecule has 1 aliphatic rings. The summed E-state index contributed by atoms with van der Waals surface area (Å²) in [5, 5.41) is 0. The fourth-order valence-electron chi connectivity index (χ4n) is 3.53. The second-order valence-electron chi connectivity index (χ2n) is 7.93. The van der Waals surface area contributed by atoms with Gasteiger partial charge in [0.15, 0.2) is 0 Å². The first kappa shape index (κ1) is 25.4. The molecule has 0 unspecified atom stereocenters. The average molecular weight is 385 g/mol. The van der Waals surface area contributed by atoms with E-state index in [2.05, 4.69) is 49.2 Å². The highest BCUT2D eigenvalue weighted by Crippen LogP contribution is 2.14. The van der Waals surface area contributed by atoms with Gasteiger partial charge in [0.25, 0.3) is 0 Å². The number of halogens is 1. The van der Waals surface area contributed by atoms with Gasteiger partial charge in [0, 0.05) is 39.1 Å². The molecule has 0 fully saturated rings. The van der Waals surface area contributed by atoms with Crippen molar-refractivity contribution in [3.8, 4) is 0 Å². The van der Waals surface area contributed by atoms with E-state index in [-0.39, 0.29) is 12.4 Å². The van der Waals surface area contributed by atoms with E-state index in [4.69, 9.17) is 0 Å². The maximum atomic E-state index is 2.44. The summed E-state index contributed by atoms with van der Waals surface area (Å²) in [7, 11) is 4.22. The molecule has 154 valence electrons. The third-order valence-electron chi connectivity index (χ3n) is 5.31. The van der Waals surface area contributed by atoms with Crippen molar-refractivity contribution in [2.75, 3.05) is 27.2 Å². The number of hydrogen-bond acceptors (Lipinski definition) is 2. The van der Waals surface area contributed by atoms with Gasteiger partial charge in [0.1, 0.15) is 0 Å². The molecule has 0 amide bonds. The van der Waals surface area contributed by atoms with E-state index in [0.29, 0.717) is 0 Å². The standard InChI is InChI=1S/C23H44N2.ClH/c1-4-5-6-7-8-9-10-11-12-13-14-15-16-17-20-25-21-18-23(19-22-25)24(2)3;/h18-19,21H,4-17,20,22H2,1-3H3;1H. The predicted octanol–water partition coefficient (Wildman–Crippen LogP) is 7.16. The molecule has 1 heterocycles. The van der Waals surface area contributed by atoms with Crippen molar-refractivity contribution in [3.63, 3.8) is 0 Å². The Morgan fingerprint density at radius 3 is 1.62 bits per heavy atom. The summed E-state index contributed by atoms with van der Waals surface area (Å²) in [6.45, 7) is 4.58. The first-order valence-electron chi connectivity index (χ1n) is 11.0. The second kappa shape index (κ2) is 17.8. The predicted molar refractivity (Wildman–Crippen MR) is 120 cm³/mol. The van der Waals surface area contributed by atoms with Crippen LogP contribution in [0, 0.1) is 0 Å². The van der Waals surface area contributed by atoms with Gasteiger partial charge in [-0.2, -0.15) is 0 Å². The summed E-state index contributed by atoms with van der Waals surface area (Å²) in [4.78, 5) is 4.62. The Morgan fingerprint density at radius 2 is 1.23 bits per heavy atom. The molecular formula is C23H45ClN2. The van der Waals surface area contributed by atoms with Crippen LogP contribution in [-0.2, 0) is 0 Å². The fourth-order valence-corrected chi connectivity index (χ4v) is 3.53. The summed E-state index contributed by atoms with van der Waals surface area (Å²) in [5.41, 5.74) is 1.33. The number of hydrogen-bond donors (Lipinski definition) is 0. The van der Waals surface area contributed by atoms with Crippen LogP contribution in [0.2, 0.25) is 0 Å². The maximum absolute atomic E-state index is 2.44. The number of unbranched alkanes of at least 4 members (excludes halogenated alkanes) is 13. The lowest BCUT2D eigenvalue weighted by Crippen LogP contribution is -2.24. The summed E-state index contributed by atoms with van der Waals surface area (Å²) in [6, 6.07) is 0. The van der Waals surface area contributed by atoms with Gasteiger partial charge < -0.3 is 9.80 Å². The monoisotopic (exact) mass is 384 g/mol. The van der Waals surface area contributed by atoms with Crippen LogP contribution in [0.15, 0.2) is 24.0 Å². The van der Waals surface area contributed by atoms with E-state index < -0.39 is 0 Å². The van der Waals surface area contributed by atoms with Gasteiger partial charge in [-0.25, -0.2) is 0 Å². The molecule has 2 nitrogen and oxygen atoms in total. The van der Waals surface area contributed by atoms with Crippen LogP contribution in [0.25, 0.3) is 0 Å². The number of allylic oxidation sites excluding steroid dienone is 1. The molecule has 1 aliphatic heterocycles. The third-order valence-corrected chi connectivity index (χ3v) is 5.31. The van der Waals surface area contributed by atoms with Crippen LogP contribution in [0.5, 0.6) is 0 Å². The largest absolute Gasteiger partial charge is 0.378 e. The van der Waals surface area contributed by atoms with Gasteiger partial charge in [0.05, 0.1) is 0 Å². The molecule has 0 spiro atoms. The molecule has 0 aliphatic carbocycles.